The number of carbonyl (C=O) groups excluding carboxylic acids is 2. The summed E-state index contributed by atoms with van der Waals surface area (Å²) >= 11 is 8.91. The van der Waals surface area contributed by atoms with Gasteiger partial charge in [-0.25, -0.2) is 0 Å². The van der Waals surface area contributed by atoms with Gasteiger partial charge in [0.1, 0.15) is 0 Å². The molecule has 3 nitrogen and oxygen atoms in total. The number of thiophene rings is 2. The lowest BCUT2D eigenvalue weighted by molar-refractivity contribution is -0.126. The van der Waals surface area contributed by atoms with Crippen molar-refractivity contribution in [3.05, 3.63) is 79.1 Å². The zero-order valence-corrected chi connectivity index (χ0v) is 17.6. The van der Waals surface area contributed by atoms with Gasteiger partial charge in [0.2, 0.25) is 11.7 Å². The van der Waals surface area contributed by atoms with Gasteiger partial charge in [0, 0.05) is 9.90 Å². The first kappa shape index (κ1) is 19.4. The number of nitrogens with one attached hydrogen (secondary N) is 1. The standard InChI is InChI=1S/C22H20ClNO2S2/c23-16-7-5-15(6-8-16)22(11-1-2-12-22)21(26)24-14-17-9-10-19(28-17)20(25)18-4-3-13-27-18/h3-10,13H,1-2,11-12,14H2,(H,24,26). The van der Waals surface area contributed by atoms with Gasteiger partial charge >= 0.3 is 0 Å². The molecule has 0 atom stereocenters. The molecule has 1 saturated carbocycles. The Morgan fingerprint density at radius 2 is 1.75 bits per heavy atom. The van der Waals surface area contributed by atoms with E-state index >= 15 is 0 Å². The molecule has 0 aliphatic heterocycles. The van der Waals surface area contributed by atoms with Crippen molar-refractivity contribution in [2.45, 2.75) is 37.6 Å². The van der Waals surface area contributed by atoms with E-state index in [4.69, 9.17) is 11.6 Å². The van der Waals surface area contributed by atoms with E-state index in [9.17, 15) is 9.59 Å². The lowest BCUT2D eigenvalue weighted by atomic mass is 9.78. The fourth-order valence-electron chi connectivity index (χ4n) is 3.86. The summed E-state index contributed by atoms with van der Waals surface area (Å²) in [6, 6.07) is 15.1. The van der Waals surface area contributed by atoms with Crippen LogP contribution in [0.3, 0.4) is 0 Å². The molecule has 0 spiro atoms. The normalized spacial score (nSPS) is 15.5. The van der Waals surface area contributed by atoms with Gasteiger partial charge in [0.25, 0.3) is 0 Å². The monoisotopic (exact) mass is 429 g/mol. The van der Waals surface area contributed by atoms with Crippen LogP contribution in [0.1, 0.15) is 50.7 Å². The third-order valence-electron chi connectivity index (χ3n) is 5.34. The van der Waals surface area contributed by atoms with E-state index in [-0.39, 0.29) is 11.7 Å². The van der Waals surface area contributed by atoms with Gasteiger partial charge in [-0.3, -0.25) is 9.59 Å². The lowest BCUT2D eigenvalue weighted by Gasteiger charge is -2.28. The van der Waals surface area contributed by atoms with Crippen molar-refractivity contribution >= 4 is 46.0 Å². The molecule has 1 amide bonds. The Morgan fingerprint density at radius 1 is 1.00 bits per heavy atom. The van der Waals surface area contributed by atoms with Gasteiger partial charge in [-0.05, 0) is 54.1 Å². The minimum absolute atomic E-state index is 0.0472. The summed E-state index contributed by atoms with van der Waals surface area (Å²) in [5.41, 5.74) is 0.559. The van der Waals surface area contributed by atoms with Crippen LogP contribution in [0.25, 0.3) is 0 Å². The molecule has 28 heavy (non-hydrogen) atoms. The highest BCUT2D eigenvalue weighted by molar-refractivity contribution is 7.16. The molecular weight excluding hydrogens is 410 g/mol. The number of hydrogen-bond donors (Lipinski definition) is 1. The van der Waals surface area contributed by atoms with Crippen LogP contribution in [0.2, 0.25) is 5.02 Å². The second-order valence-corrected chi connectivity index (χ2v) is 9.60. The molecule has 1 aliphatic rings. The Labute approximate surface area is 177 Å². The van der Waals surface area contributed by atoms with Crippen molar-refractivity contribution in [1.29, 1.82) is 0 Å². The lowest BCUT2D eigenvalue weighted by Crippen LogP contribution is -2.42. The van der Waals surface area contributed by atoms with Crippen LogP contribution < -0.4 is 5.32 Å². The predicted molar refractivity (Wildman–Crippen MR) is 116 cm³/mol. The molecule has 0 saturated heterocycles. The van der Waals surface area contributed by atoms with E-state index in [0.29, 0.717) is 16.4 Å². The molecular formula is C22H20ClNO2S2. The van der Waals surface area contributed by atoms with Gasteiger partial charge in [-0.15, -0.1) is 22.7 Å². The minimum atomic E-state index is -0.475. The molecule has 6 heteroatoms. The summed E-state index contributed by atoms with van der Waals surface area (Å²) in [6.45, 7) is 0.441. The SMILES string of the molecule is O=C(c1cccs1)c1ccc(CNC(=O)C2(c3ccc(Cl)cc3)CCCC2)s1. The quantitative estimate of drug-likeness (QED) is 0.501. The van der Waals surface area contributed by atoms with Crippen LogP contribution in [0.5, 0.6) is 0 Å². The summed E-state index contributed by atoms with van der Waals surface area (Å²) in [7, 11) is 0. The number of rotatable bonds is 6. The Kier molecular flexibility index (Phi) is 5.67. The van der Waals surface area contributed by atoms with Crippen LogP contribution >= 0.6 is 34.3 Å². The Hall–Kier alpha value is -1.95. The van der Waals surface area contributed by atoms with Crippen LogP contribution in [-0.4, -0.2) is 11.7 Å². The molecule has 1 aliphatic carbocycles. The highest BCUT2D eigenvalue weighted by Crippen LogP contribution is 2.41. The van der Waals surface area contributed by atoms with Crippen molar-refractivity contribution in [1.82, 2.24) is 5.32 Å². The Morgan fingerprint density at radius 3 is 2.43 bits per heavy atom. The van der Waals surface area contributed by atoms with Gasteiger partial charge < -0.3 is 5.32 Å². The van der Waals surface area contributed by atoms with Crippen LogP contribution in [-0.2, 0) is 16.8 Å². The van der Waals surface area contributed by atoms with Crippen LogP contribution in [0.4, 0.5) is 0 Å². The van der Waals surface area contributed by atoms with Crippen LogP contribution in [0, 0.1) is 0 Å². The molecule has 144 valence electrons. The van der Waals surface area contributed by atoms with Gasteiger partial charge in [0.05, 0.1) is 21.7 Å². The Bertz CT molecular complexity index is 970. The maximum atomic E-state index is 13.1. The number of carbonyl (C=O) groups is 2. The number of hydrogen-bond acceptors (Lipinski definition) is 4. The fourth-order valence-corrected chi connectivity index (χ4v) is 5.63. The van der Waals surface area contributed by atoms with Gasteiger partial charge in [0.15, 0.2) is 0 Å². The average Bonchev–Trinajstić information content (AvgIpc) is 3.48. The molecule has 0 unspecified atom stereocenters. The highest BCUT2D eigenvalue weighted by atomic mass is 35.5. The van der Waals surface area contributed by atoms with Crippen LogP contribution in [0.15, 0.2) is 53.9 Å². The maximum absolute atomic E-state index is 13.1. The maximum Gasteiger partial charge on any atom is 0.230 e. The van der Waals surface area contributed by atoms with Crippen molar-refractivity contribution in [2.24, 2.45) is 0 Å². The zero-order chi connectivity index (χ0) is 19.6. The first-order valence-electron chi connectivity index (χ1n) is 9.30. The first-order valence-corrected chi connectivity index (χ1v) is 11.4. The molecule has 0 bridgehead atoms. The summed E-state index contributed by atoms with van der Waals surface area (Å²) in [5.74, 6) is 0.109. The van der Waals surface area contributed by atoms with E-state index in [1.807, 2.05) is 53.9 Å². The largest absolute Gasteiger partial charge is 0.350 e. The van der Waals surface area contributed by atoms with E-state index in [1.54, 1.807) is 0 Å². The van der Waals surface area contributed by atoms with Crippen molar-refractivity contribution in [3.8, 4) is 0 Å². The van der Waals surface area contributed by atoms with Crippen molar-refractivity contribution in [2.75, 3.05) is 0 Å². The summed E-state index contributed by atoms with van der Waals surface area (Å²) in [6.07, 6.45) is 3.81. The zero-order valence-electron chi connectivity index (χ0n) is 15.2. The smallest absolute Gasteiger partial charge is 0.230 e. The van der Waals surface area contributed by atoms with Gasteiger partial charge in [-0.1, -0.05) is 42.6 Å². The molecule has 1 N–H and O–H groups in total. The van der Waals surface area contributed by atoms with E-state index in [1.165, 1.54) is 22.7 Å². The van der Waals surface area contributed by atoms with Gasteiger partial charge in [-0.2, -0.15) is 0 Å². The second-order valence-electron chi connectivity index (χ2n) is 7.05. The second kappa shape index (κ2) is 8.19. The van der Waals surface area contributed by atoms with E-state index < -0.39 is 5.41 Å². The summed E-state index contributed by atoms with van der Waals surface area (Å²) in [5, 5.41) is 5.69. The predicted octanol–water partition coefficient (Wildman–Crippen LogP) is 5.82. The first-order chi connectivity index (χ1) is 13.6. The summed E-state index contributed by atoms with van der Waals surface area (Å²) < 4.78 is 0. The van der Waals surface area contributed by atoms with E-state index in [0.717, 1.165) is 41.0 Å². The number of benzene rings is 1. The molecule has 0 radical (unpaired) electrons. The molecule has 2 aromatic heterocycles. The highest BCUT2D eigenvalue weighted by Gasteiger charge is 2.42. The molecule has 4 rings (SSSR count). The van der Waals surface area contributed by atoms with E-state index in [2.05, 4.69) is 5.32 Å². The molecule has 2 heterocycles. The Balaban J connectivity index is 1.46. The number of ketones is 1. The average molecular weight is 430 g/mol. The number of halogens is 1. The number of amides is 1. The fraction of sp³-hybridized carbons (Fsp3) is 0.273. The summed E-state index contributed by atoms with van der Waals surface area (Å²) in [4.78, 5) is 28.0. The molecule has 1 aromatic carbocycles. The topological polar surface area (TPSA) is 46.2 Å². The third-order valence-corrected chi connectivity index (χ3v) is 7.55. The molecule has 3 aromatic rings. The van der Waals surface area contributed by atoms with Crippen molar-refractivity contribution < 1.29 is 9.59 Å². The van der Waals surface area contributed by atoms with Crippen molar-refractivity contribution in [3.63, 3.8) is 0 Å². The molecule has 1 fully saturated rings. The minimum Gasteiger partial charge on any atom is -0.350 e. The third kappa shape index (κ3) is 3.79.